The Hall–Kier alpha value is -0.600. The zero-order valence-electron chi connectivity index (χ0n) is 11.6. The van der Waals surface area contributed by atoms with Crippen LogP contribution in [0.4, 0.5) is 0 Å². The monoisotopic (exact) mass is 266 g/mol. The standard InChI is InChI=1S/C15H23ClN2/c1-11(2)10-18-7-5-4-6-14(18)13-8-12(3)15(16)17-9-13/h8-9,11,14H,4-7,10H2,1-3H3. The highest BCUT2D eigenvalue weighted by Gasteiger charge is 2.24. The molecule has 0 aromatic carbocycles. The summed E-state index contributed by atoms with van der Waals surface area (Å²) in [6.45, 7) is 9.00. The van der Waals surface area contributed by atoms with Gasteiger partial charge in [-0.15, -0.1) is 0 Å². The Balaban J connectivity index is 2.19. The van der Waals surface area contributed by atoms with Crippen LogP contribution in [0.5, 0.6) is 0 Å². The van der Waals surface area contributed by atoms with Crippen LogP contribution in [-0.2, 0) is 0 Å². The second-order valence-corrected chi connectivity index (χ2v) is 6.13. The minimum Gasteiger partial charge on any atom is -0.296 e. The van der Waals surface area contributed by atoms with Gasteiger partial charge in [0, 0.05) is 18.8 Å². The van der Waals surface area contributed by atoms with Crippen LogP contribution >= 0.6 is 11.6 Å². The molecule has 1 aliphatic rings. The lowest BCUT2D eigenvalue weighted by Gasteiger charge is -2.37. The fourth-order valence-corrected chi connectivity index (χ4v) is 2.92. The summed E-state index contributed by atoms with van der Waals surface area (Å²) >= 11 is 6.02. The molecule has 0 aliphatic carbocycles. The summed E-state index contributed by atoms with van der Waals surface area (Å²) in [6.07, 6.45) is 5.85. The maximum atomic E-state index is 6.02. The Kier molecular flexibility index (Phi) is 4.63. The number of aromatic nitrogens is 1. The van der Waals surface area contributed by atoms with Crippen LogP contribution in [0.2, 0.25) is 5.15 Å². The van der Waals surface area contributed by atoms with E-state index in [0.717, 1.165) is 5.56 Å². The molecular formula is C15H23ClN2. The van der Waals surface area contributed by atoms with E-state index >= 15 is 0 Å². The fourth-order valence-electron chi connectivity index (χ4n) is 2.82. The van der Waals surface area contributed by atoms with Crippen molar-refractivity contribution in [1.29, 1.82) is 0 Å². The van der Waals surface area contributed by atoms with Gasteiger partial charge in [-0.25, -0.2) is 4.98 Å². The molecule has 1 atom stereocenters. The van der Waals surface area contributed by atoms with Crippen LogP contribution in [0.1, 0.15) is 50.3 Å². The molecule has 1 aliphatic heterocycles. The minimum atomic E-state index is 0.532. The molecule has 1 unspecified atom stereocenters. The van der Waals surface area contributed by atoms with E-state index in [2.05, 4.69) is 29.8 Å². The molecule has 1 fully saturated rings. The molecule has 100 valence electrons. The summed E-state index contributed by atoms with van der Waals surface area (Å²) in [5.74, 6) is 0.715. The highest BCUT2D eigenvalue weighted by atomic mass is 35.5. The van der Waals surface area contributed by atoms with Crippen LogP contribution < -0.4 is 0 Å². The molecule has 2 nitrogen and oxygen atoms in total. The van der Waals surface area contributed by atoms with Crippen molar-refractivity contribution in [2.24, 2.45) is 5.92 Å². The summed E-state index contributed by atoms with van der Waals surface area (Å²) < 4.78 is 0. The number of halogens is 1. The number of aryl methyl sites for hydroxylation is 1. The van der Waals surface area contributed by atoms with E-state index in [1.165, 1.54) is 37.9 Å². The van der Waals surface area contributed by atoms with Crippen molar-refractivity contribution >= 4 is 11.6 Å². The predicted octanol–water partition coefficient (Wildman–Crippen LogP) is 4.23. The van der Waals surface area contributed by atoms with Gasteiger partial charge in [0.1, 0.15) is 5.15 Å². The molecular weight excluding hydrogens is 244 g/mol. The van der Waals surface area contributed by atoms with Gasteiger partial charge in [0.05, 0.1) is 0 Å². The molecule has 1 aromatic rings. The first-order valence-electron chi connectivity index (χ1n) is 6.94. The Morgan fingerprint density at radius 2 is 2.22 bits per heavy atom. The lowest BCUT2D eigenvalue weighted by molar-refractivity contribution is 0.132. The topological polar surface area (TPSA) is 16.1 Å². The first kappa shape index (κ1) is 13.8. The quantitative estimate of drug-likeness (QED) is 0.762. The third kappa shape index (κ3) is 3.24. The largest absolute Gasteiger partial charge is 0.296 e. The summed E-state index contributed by atoms with van der Waals surface area (Å²) in [4.78, 5) is 6.92. The van der Waals surface area contributed by atoms with Gasteiger partial charge in [0.2, 0.25) is 0 Å². The number of pyridine rings is 1. The Morgan fingerprint density at radius 1 is 1.44 bits per heavy atom. The Labute approximate surface area is 115 Å². The van der Waals surface area contributed by atoms with Crippen LogP contribution in [0.3, 0.4) is 0 Å². The number of nitrogens with zero attached hydrogens (tertiary/aromatic N) is 2. The molecule has 0 spiro atoms. The Morgan fingerprint density at radius 3 is 2.89 bits per heavy atom. The molecule has 1 saturated heterocycles. The van der Waals surface area contributed by atoms with Crippen molar-refractivity contribution in [3.63, 3.8) is 0 Å². The molecule has 0 amide bonds. The molecule has 2 rings (SSSR count). The van der Waals surface area contributed by atoms with E-state index in [-0.39, 0.29) is 0 Å². The predicted molar refractivity (Wildman–Crippen MR) is 77.0 cm³/mol. The molecule has 3 heteroatoms. The van der Waals surface area contributed by atoms with E-state index in [1.54, 1.807) is 0 Å². The summed E-state index contributed by atoms with van der Waals surface area (Å²) in [5.41, 5.74) is 2.42. The molecule has 0 saturated carbocycles. The first-order valence-corrected chi connectivity index (χ1v) is 7.32. The molecule has 1 aromatic heterocycles. The van der Waals surface area contributed by atoms with Crippen LogP contribution in [0, 0.1) is 12.8 Å². The third-order valence-corrected chi connectivity index (χ3v) is 4.03. The Bertz CT molecular complexity index is 403. The number of hydrogen-bond acceptors (Lipinski definition) is 2. The van der Waals surface area contributed by atoms with Crippen LogP contribution in [0.15, 0.2) is 12.3 Å². The van der Waals surface area contributed by atoms with Gasteiger partial charge in [-0.05, 0) is 49.4 Å². The highest BCUT2D eigenvalue weighted by molar-refractivity contribution is 6.30. The van der Waals surface area contributed by atoms with Crippen molar-refractivity contribution in [3.05, 3.63) is 28.5 Å². The average molecular weight is 267 g/mol. The van der Waals surface area contributed by atoms with Gasteiger partial charge < -0.3 is 0 Å². The van der Waals surface area contributed by atoms with Gasteiger partial charge in [-0.1, -0.05) is 31.9 Å². The fraction of sp³-hybridized carbons (Fsp3) is 0.667. The molecule has 0 N–H and O–H groups in total. The van der Waals surface area contributed by atoms with E-state index in [4.69, 9.17) is 11.6 Å². The van der Waals surface area contributed by atoms with Gasteiger partial charge in [-0.3, -0.25) is 4.90 Å². The van der Waals surface area contributed by atoms with E-state index in [0.29, 0.717) is 17.1 Å². The van der Waals surface area contributed by atoms with E-state index in [1.807, 2.05) is 13.1 Å². The SMILES string of the molecule is Cc1cc(C2CCCCN2CC(C)C)cnc1Cl. The number of likely N-dealkylation sites (tertiary alicyclic amines) is 1. The van der Waals surface area contributed by atoms with Gasteiger partial charge >= 0.3 is 0 Å². The maximum Gasteiger partial charge on any atom is 0.131 e. The lowest BCUT2D eigenvalue weighted by Crippen LogP contribution is -2.36. The van der Waals surface area contributed by atoms with Crippen LogP contribution in [0.25, 0.3) is 0 Å². The van der Waals surface area contributed by atoms with Gasteiger partial charge in [-0.2, -0.15) is 0 Å². The molecule has 2 heterocycles. The molecule has 0 bridgehead atoms. The van der Waals surface area contributed by atoms with Crippen molar-refractivity contribution < 1.29 is 0 Å². The third-order valence-electron chi connectivity index (χ3n) is 3.63. The number of hydrogen-bond donors (Lipinski definition) is 0. The summed E-state index contributed by atoms with van der Waals surface area (Å²) in [7, 11) is 0. The van der Waals surface area contributed by atoms with E-state index in [9.17, 15) is 0 Å². The van der Waals surface area contributed by atoms with Gasteiger partial charge in [0.25, 0.3) is 0 Å². The van der Waals surface area contributed by atoms with Crippen molar-refractivity contribution in [3.8, 4) is 0 Å². The lowest BCUT2D eigenvalue weighted by atomic mass is 9.94. The van der Waals surface area contributed by atoms with Crippen molar-refractivity contribution in [2.45, 2.75) is 46.1 Å². The van der Waals surface area contributed by atoms with Crippen molar-refractivity contribution in [1.82, 2.24) is 9.88 Å². The minimum absolute atomic E-state index is 0.532. The summed E-state index contributed by atoms with van der Waals surface area (Å²) in [6, 6.07) is 2.74. The normalized spacial score (nSPS) is 21.5. The molecule has 18 heavy (non-hydrogen) atoms. The van der Waals surface area contributed by atoms with E-state index < -0.39 is 0 Å². The zero-order chi connectivity index (χ0) is 13.1. The summed E-state index contributed by atoms with van der Waals surface area (Å²) in [5, 5.41) is 0.630. The second kappa shape index (κ2) is 6.03. The van der Waals surface area contributed by atoms with Crippen LogP contribution in [-0.4, -0.2) is 23.0 Å². The molecule has 0 radical (unpaired) electrons. The highest BCUT2D eigenvalue weighted by Crippen LogP contribution is 2.32. The maximum absolute atomic E-state index is 6.02. The zero-order valence-corrected chi connectivity index (χ0v) is 12.4. The smallest absolute Gasteiger partial charge is 0.131 e. The number of rotatable bonds is 3. The first-order chi connectivity index (χ1) is 8.58. The van der Waals surface area contributed by atoms with Crippen molar-refractivity contribution in [2.75, 3.05) is 13.1 Å². The average Bonchev–Trinajstić information content (AvgIpc) is 2.33. The second-order valence-electron chi connectivity index (χ2n) is 5.78. The number of piperidine rings is 1. The van der Waals surface area contributed by atoms with Gasteiger partial charge in [0.15, 0.2) is 0 Å².